The lowest BCUT2D eigenvalue weighted by Crippen LogP contribution is -2.23. The molecule has 1 atom stereocenters. The van der Waals surface area contributed by atoms with Crippen molar-refractivity contribution >= 4 is 29.3 Å². The molecule has 0 heterocycles. The van der Waals surface area contributed by atoms with Crippen molar-refractivity contribution in [2.24, 2.45) is 5.73 Å². The molecule has 0 aliphatic rings. The average Bonchev–Trinajstić information content (AvgIpc) is 2.24. The maximum atomic E-state index is 10.8. The molecule has 0 unspecified atom stereocenters. The molecule has 0 radical (unpaired) electrons. The molecule has 1 rings (SSSR count). The van der Waals surface area contributed by atoms with Gasteiger partial charge in [-0.3, -0.25) is 4.79 Å². The lowest BCUT2D eigenvalue weighted by molar-refractivity contribution is -0.117. The number of rotatable bonds is 6. The van der Waals surface area contributed by atoms with Crippen LogP contribution in [0, 0.1) is 0 Å². The standard InChI is InChI=1S/C11H14ClNO2S/c1-8(11(13)14)16-6-5-15-10-4-2-3-9(12)7-10/h2-4,7-8H,5-6H2,1H3,(H2,13,14)/t8-/m0/s1. The fourth-order valence-corrected chi connectivity index (χ4v) is 1.90. The van der Waals surface area contributed by atoms with E-state index in [1.807, 2.05) is 12.1 Å². The van der Waals surface area contributed by atoms with Crippen LogP contribution < -0.4 is 10.5 Å². The van der Waals surface area contributed by atoms with Crippen LogP contribution in [0.15, 0.2) is 24.3 Å². The number of hydrogen-bond donors (Lipinski definition) is 1. The number of amides is 1. The van der Waals surface area contributed by atoms with Crippen molar-refractivity contribution < 1.29 is 9.53 Å². The molecular formula is C11H14ClNO2S. The minimum atomic E-state index is -0.298. The van der Waals surface area contributed by atoms with Gasteiger partial charge in [-0.1, -0.05) is 17.7 Å². The van der Waals surface area contributed by atoms with E-state index in [1.54, 1.807) is 19.1 Å². The Balaban J connectivity index is 2.23. The highest BCUT2D eigenvalue weighted by atomic mass is 35.5. The molecule has 1 amide bonds. The lowest BCUT2D eigenvalue weighted by atomic mass is 10.3. The van der Waals surface area contributed by atoms with Crippen LogP contribution in [0.5, 0.6) is 5.75 Å². The van der Waals surface area contributed by atoms with E-state index in [4.69, 9.17) is 22.1 Å². The molecule has 16 heavy (non-hydrogen) atoms. The maximum absolute atomic E-state index is 10.8. The third-order valence-corrected chi connectivity index (χ3v) is 3.29. The number of primary amides is 1. The summed E-state index contributed by atoms with van der Waals surface area (Å²) in [7, 11) is 0. The molecule has 0 spiro atoms. The third kappa shape index (κ3) is 4.77. The molecule has 0 aliphatic heterocycles. The Morgan fingerprint density at radius 2 is 2.38 bits per heavy atom. The second-order valence-electron chi connectivity index (χ2n) is 3.22. The second kappa shape index (κ2) is 6.66. The van der Waals surface area contributed by atoms with Crippen molar-refractivity contribution in [1.29, 1.82) is 0 Å². The first kappa shape index (κ1) is 13.2. The monoisotopic (exact) mass is 259 g/mol. The van der Waals surface area contributed by atoms with Crippen LogP contribution >= 0.6 is 23.4 Å². The number of carbonyl (C=O) groups excluding carboxylic acids is 1. The van der Waals surface area contributed by atoms with Crippen LogP contribution in [-0.2, 0) is 4.79 Å². The number of thioether (sulfide) groups is 1. The Morgan fingerprint density at radius 1 is 1.62 bits per heavy atom. The zero-order chi connectivity index (χ0) is 12.0. The summed E-state index contributed by atoms with van der Waals surface area (Å²) in [5.74, 6) is 1.16. The number of ether oxygens (including phenoxy) is 1. The first-order chi connectivity index (χ1) is 7.59. The van der Waals surface area contributed by atoms with Gasteiger partial charge >= 0.3 is 0 Å². The summed E-state index contributed by atoms with van der Waals surface area (Å²) < 4.78 is 5.46. The molecule has 0 saturated heterocycles. The summed E-state index contributed by atoms with van der Waals surface area (Å²) in [5.41, 5.74) is 5.13. The summed E-state index contributed by atoms with van der Waals surface area (Å²) in [5, 5.41) is 0.471. The predicted octanol–water partition coefficient (Wildman–Crippen LogP) is 2.33. The van der Waals surface area contributed by atoms with E-state index >= 15 is 0 Å². The zero-order valence-corrected chi connectivity index (χ0v) is 10.6. The molecule has 0 fully saturated rings. The Bertz CT molecular complexity index is 360. The van der Waals surface area contributed by atoms with Crippen molar-refractivity contribution in [3.8, 4) is 5.75 Å². The van der Waals surface area contributed by atoms with Crippen LogP contribution in [0.1, 0.15) is 6.92 Å². The molecule has 1 aromatic rings. The van der Waals surface area contributed by atoms with Gasteiger partial charge in [-0.25, -0.2) is 0 Å². The first-order valence-corrected chi connectivity index (χ1v) is 6.31. The average molecular weight is 260 g/mol. The van der Waals surface area contributed by atoms with E-state index < -0.39 is 0 Å². The van der Waals surface area contributed by atoms with Crippen LogP contribution in [-0.4, -0.2) is 23.5 Å². The SMILES string of the molecule is C[C@H](SCCOc1cccc(Cl)c1)C(N)=O. The van der Waals surface area contributed by atoms with Crippen LogP contribution in [0.4, 0.5) is 0 Å². The highest BCUT2D eigenvalue weighted by Gasteiger charge is 2.08. The Morgan fingerprint density at radius 3 is 3.00 bits per heavy atom. The minimum absolute atomic E-state index is 0.178. The van der Waals surface area contributed by atoms with Crippen molar-refractivity contribution in [2.45, 2.75) is 12.2 Å². The van der Waals surface area contributed by atoms with E-state index in [-0.39, 0.29) is 11.2 Å². The van der Waals surface area contributed by atoms with Gasteiger partial charge in [0, 0.05) is 10.8 Å². The molecule has 0 aliphatic carbocycles. The van der Waals surface area contributed by atoms with Gasteiger partial charge in [0.25, 0.3) is 0 Å². The number of hydrogen-bond acceptors (Lipinski definition) is 3. The van der Waals surface area contributed by atoms with Gasteiger partial charge in [0.1, 0.15) is 5.75 Å². The van der Waals surface area contributed by atoms with Gasteiger partial charge in [0.15, 0.2) is 0 Å². The number of nitrogens with two attached hydrogens (primary N) is 1. The largest absolute Gasteiger partial charge is 0.493 e. The fraction of sp³-hybridized carbons (Fsp3) is 0.364. The smallest absolute Gasteiger partial charge is 0.230 e. The maximum Gasteiger partial charge on any atom is 0.230 e. The normalized spacial score (nSPS) is 12.1. The van der Waals surface area contributed by atoms with Crippen molar-refractivity contribution in [2.75, 3.05) is 12.4 Å². The predicted molar refractivity (Wildman–Crippen MR) is 68.1 cm³/mol. The van der Waals surface area contributed by atoms with E-state index in [1.165, 1.54) is 11.8 Å². The summed E-state index contributed by atoms with van der Waals surface area (Å²) in [4.78, 5) is 10.8. The summed E-state index contributed by atoms with van der Waals surface area (Å²) >= 11 is 7.28. The van der Waals surface area contributed by atoms with Gasteiger partial charge < -0.3 is 10.5 Å². The third-order valence-electron chi connectivity index (χ3n) is 1.92. The van der Waals surface area contributed by atoms with Crippen LogP contribution in [0.2, 0.25) is 5.02 Å². The van der Waals surface area contributed by atoms with E-state index in [0.717, 1.165) is 11.5 Å². The Hall–Kier alpha value is -0.870. The highest BCUT2D eigenvalue weighted by Crippen LogP contribution is 2.17. The molecule has 5 heteroatoms. The van der Waals surface area contributed by atoms with Crippen LogP contribution in [0.3, 0.4) is 0 Å². The molecule has 0 aromatic heterocycles. The second-order valence-corrected chi connectivity index (χ2v) is 5.11. The van der Waals surface area contributed by atoms with Gasteiger partial charge in [0.2, 0.25) is 5.91 Å². The minimum Gasteiger partial charge on any atom is -0.493 e. The van der Waals surface area contributed by atoms with E-state index in [0.29, 0.717) is 11.6 Å². The fourth-order valence-electron chi connectivity index (χ4n) is 1.02. The lowest BCUT2D eigenvalue weighted by Gasteiger charge is -2.08. The molecule has 0 bridgehead atoms. The quantitative estimate of drug-likeness (QED) is 0.798. The summed E-state index contributed by atoms with van der Waals surface area (Å²) in [6.45, 7) is 2.31. The summed E-state index contributed by atoms with van der Waals surface area (Å²) in [6.07, 6.45) is 0. The molecule has 88 valence electrons. The number of benzene rings is 1. The van der Waals surface area contributed by atoms with Crippen molar-refractivity contribution in [3.05, 3.63) is 29.3 Å². The molecule has 2 N–H and O–H groups in total. The number of halogens is 1. The summed E-state index contributed by atoms with van der Waals surface area (Å²) in [6, 6.07) is 7.22. The zero-order valence-electron chi connectivity index (χ0n) is 8.98. The Labute approximate surface area is 104 Å². The van der Waals surface area contributed by atoms with E-state index in [2.05, 4.69) is 0 Å². The molecule has 0 saturated carbocycles. The first-order valence-electron chi connectivity index (χ1n) is 4.89. The van der Waals surface area contributed by atoms with Gasteiger partial charge in [-0.05, 0) is 25.1 Å². The van der Waals surface area contributed by atoms with Crippen molar-refractivity contribution in [3.63, 3.8) is 0 Å². The Kier molecular flexibility index (Phi) is 5.49. The van der Waals surface area contributed by atoms with Gasteiger partial charge in [-0.15, -0.1) is 11.8 Å². The topological polar surface area (TPSA) is 52.3 Å². The van der Waals surface area contributed by atoms with E-state index in [9.17, 15) is 4.79 Å². The number of carbonyl (C=O) groups is 1. The van der Waals surface area contributed by atoms with Gasteiger partial charge in [-0.2, -0.15) is 0 Å². The highest BCUT2D eigenvalue weighted by molar-refractivity contribution is 8.00. The van der Waals surface area contributed by atoms with Gasteiger partial charge in [0.05, 0.1) is 11.9 Å². The molecule has 1 aromatic carbocycles. The molecular weight excluding hydrogens is 246 g/mol. The van der Waals surface area contributed by atoms with Crippen LogP contribution in [0.25, 0.3) is 0 Å². The molecule has 3 nitrogen and oxygen atoms in total. The van der Waals surface area contributed by atoms with Crippen molar-refractivity contribution in [1.82, 2.24) is 0 Å².